The number of hydrogen-bond donors (Lipinski definition) is 0. The van der Waals surface area contributed by atoms with Crippen LogP contribution in [0.25, 0.3) is 0 Å². The van der Waals surface area contributed by atoms with Crippen LogP contribution in [0.3, 0.4) is 0 Å². The second kappa shape index (κ2) is 9.83. The summed E-state index contributed by atoms with van der Waals surface area (Å²) in [4.78, 5) is 12.4. The van der Waals surface area contributed by atoms with Gasteiger partial charge in [-0.15, -0.1) is 0 Å². The molecule has 0 bridgehead atoms. The molecule has 1 fully saturated rings. The van der Waals surface area contributed by atoms with E-state index in [2.05, 4.69) is 40.4 Å². The molecule has 1 saturated heterocycles. The molecule has 1 aliphatic rings. The Morgan fingerprint density at radius 3 is 2.46 bits per heavy atom. The highest BCUT2D eigenvalue weighted by Crippen LogP contribution is 2.36. The molecule has 0 spiro atoms. The summed E-state index contributed by atoms with van der Waals surface area (Å²) >= 11 is 0. The molecule has 28 heavy (non-hydrogen) atoms. The lowest BCUT2D eigenvalue weighted by Crippen LogP contribution is -2.41. The van der Waals surface area contributed by atoms with Crippen molar-refractivity contribution in [3.05, 3.63) is 48.6 Å². The highest BCUT2D eigenvalue weighted by Gasteiger charge is 2.40. The molecule has 2 rings (SSSR count). The number of carbonyl (C=O) groups excluding carboxylic acids is 1. The number of ether oxygens (including phenoxy) is 3. The maximum Gasteiger partial charge on any atom is 0.338 e. The van der Waals surface area contributed by atoms with Crippen molar-refractivity contribution in [3.8, 4) is 0 Å². The van der Waals surface area contributed by atoms with E-state index in [-0.39, 0.29) is 23.2 Å². The van der Waals surface area contributed by atoms with E-state index in [4.69, 9.17) is 18.6 Å². The SMILES string of the molecule is C=C[C@@H](OC(=O)c1ccccc1)[C@@H](OCCCO[Si](C)(C)C(C)(C)C)[C@H]1CO1. The van der Waals surface area contributed by atoms with E-state index < -0.39 is 14.4 Å². The van der Waals surface area contributed by atoms with Gasteiger partial charge in [-0.3, -0.25) is 0 Å². The van der Waals surface area contributed by atoms with E-state index >= 15 is 0 Å². The fourth-order valence-electron chi connectivity index (χ4n) is 2.50. The van der Waals surface area contributed by atoms with Gasteiger partial charge in [0.05, 0.1) is 12.2 Å². The van der Waals surface area contributed by atoms with Gasteiger partial charge >= 0.3 is 5.97 Å². The first-order chi connectivity index (χ1) is 13.2. The lowest BCUT2D eigenvalue weighted by atomic mass is 10.1. The fraction of sp³-hybridized carbons (Fsp3) is 0.591. The van der Waals surface area contributed by atoms with Crippen LogP contribution in [0.1, 0.15) is 37.6 Å². The maximum atomic E-state index is 12.4. The van der Waals surface area contributed by atoms with E-state index in [9.17, 15) is 4.79 Å². The van der Waals surface area contributed by atoms with Crippen LogP contribution in [-0.2, 0) is 18.6 Å². The molecule has 0 aliphatic carbocycles. The van der Waals surface area contributed by atoms with Crippen molar-refractivity contribution in [3.63, 3.8) is 0 Å². The van der Waals surface area contributed by atoms with E-state index in [1.165, 1.54) is 0 Å². The maximum absolute atomic E-state index is 12.4. The number of benzene rings is 1. The Hall–Kier alpha value is -1.47. The van der Waals surface area contributed by atoms with Crippen molar-refractivity contribution in [1.29, 1.82) is 0 Å². The molecule has 1 aromatic rings. The Morgan fingerprint density at radius 2 is 1.93 bits per heavy atom. The fourth-order valence-corrected chi connectivity index (χ4v) is 3.58. The van der Waals surface area contributed by atoms with Gasteiger partial charge in [-0.2, -0.15) is 0 Å². The Balaban J connectivity index is 1.83. The van der Waals surface area contributed by atoms with Crippen LogP contribution in [0.2, 0.25) is 18.1 Å². The summed E-state index contributed by atoms with van der Waals surface area (Å²) in [5.41, 5.74) is 0.507. The third-order valence-corrected chi connectivity index (χ3v) is 9.94. The molecule has 5 nitrogen and oxygen atoms in total. The van der Waals surface area contributed by atoms with Crippen LogP contribution < -0.4 is 0 Å². The first-order valence-electron chi connectivity index (χ1n) is 9.91. The summed E-state index contributed by atoms with van der Waals surface area (Å²) in [7, 11) is -1.75. The summed E-state index contributed by atoms with van der Waals surface area (Å²) in [6, 6.07) is 8.92. The smallest absolute Gasteiger partial charge is 0.338 e. The lowest BCUT2D eigenvalue weighted by molar-refractivity contribution is -0.0485. The van der Waals surface area contributed by atoms with Crippen molar-refractivity contribution in [2.24, 2.45) is 0 Å². The van der Waals surface area contributed by atoms with Crippen molar-refractivity contribution < 1.29 is 23.4 Å². The van der Waals surface area contributed by atoms with Crippen LogP contribution >= 0.6 is 0 Å². The standard InChI is InChI=1S/C22H34O5Si/c1-7-18(27-21(23)17-12-9-8-10-13-17)20(19-16-25-19)24-14-11-15-26-28(5,6)22(2,3)4/h7-10,12-13,18-20H,1,11,14-16H2,2-6H3/t18-,19-,20-/m1/s1. The molecule has 0 radical (unpaired) electrons. The van der Waals surface area contributed by atoms with Crippen LogP contribution in [0, 0.1) is 0 Å². The Morgan fingerprint density at radius 1 is 1.29 bits per heavy atom. The van der Waals surface area contributed by atoms with Crippen molar-refractivity contribution in [1.82, 2.24) is 0 Å². The minimum Gasteiger partial charge on any atom is -0.452 e. The zero-order valence-electron chi connectivity index (χ0n) is 17.8. The van der Waals surface area contributed by atoms with E-state index in [1.54, 1.807) is 30.3 Å². The number of esters is 1. The van der Waals surface area contributed by atoms with Crippen LogP contribution in [-0.4, -0.2) is 52.4 Å². The second-order valence-corrected chi connectivity index (χ2v) is 13.5. The van der Waals surface area contributed by atoms with E-state index in [0.29, 0.717) is 25.4 Å². The zero-order valence-corrected chi connectivity index (χ0v) is 18.8. The molecule has 0 saturated carbocycles. The molecule has 6 heteroatoms. The molecule has 1 aromatic carbocycles. The molecule has 1 aliphatic heterocycles. The number of hydrogen-bond acceptors (Lipinski definition) is 5. The molecule has 1 heterocycles. The van der Waals surface area contributed by atoms with Crippen LogP contribution in [0.15, 0.2) is 43.0 Å². The largest absolute Gasteiger partial charge is 0.452 e. The van der Waals surface area contributed by atoms with Crippen molar-refractivity contribution in [2.75, 3.05) is 19.8 Å². The van der Waals surface area contributed by atoms with E-state index in [0.717, 1.165) is 6.42 Å². The van der Waals surface area contributed by atoms with Gasteiger partial charge in [-0.1, -0.05) is 45.5 Å². The average molecular weight is 407 g/mol. The molecular formula is C22H34O5Si. The van der Waals surface area contributed by atoms with Gasteiger partial charge in [0.15, 0.2) is 8.32 Å². The number of rotatable bonds is 11. The average Bonchev–Trinajstić information content (AvgIpc) is 3.47. The summed E-state index contributed by atoms with van der Waals surface area (Å²) in [6.07, 6.45) is 1.43. The molecule has 156 valence electrons. The Labute approximate surface area is 170 Å². The predicted octanol–water partition coefficient (Wildman–Crippen LogP) is 4.59. The Kier molecular flexibility index (Phi) is 8.01. The lowest BCUT2D eigenvalue weighted by Gasteiger charge is -2.36. The molecule has 3 atom stereocenters. The normalized spacial score (nSPS) is 19.0. The number of epoxide rings is 1. The zero-order chi connectivity index (χ0) is 20.8. The topological polar surface area (TPSA) is 57.3 Å². The predicted molar refractivity (Wildman–Crippen MR) is 113 cm³/mol. The molecular weight excluding hydrogens is 372 g/mol. The Bertz CT molecular complexity index is 634. The minimum absolute atomic E-state index is 0.0621. The summed E-state index contributed by atoms with van der Waals surface area (Å²) < 4.78 is 23.2. The quantitative estimate of drug-likeness (QED) is 0.177. The van der Waals surface area contributed by atoms with Crippen LogP contribution in [0.4, 0.5) is 0 Å². The molecule has 0 amide bonds. The summed E-state index contributed by atoms with van der Waals surface area (Å²) in [5.74, 6) is -0.388. The first-order valence-corrected chi connectivity index (χ1v) is 12.8. The van der Waals surface area contributed by atoms with Gasteiger partial charge in [-0.05, 0) is 42.8 Å². The minimum atomic E-state index is -1.75. The van der Waals surface area contributed by atoms with Crippen molar-refractivity contribution >= 4 is 14.3 Å². The van der Waals surface area contributed by atoms with Gasteiger partial charge in [0, 0.05) is 13.2 Å². The molecule has 0 unspecified atom stereocenters. The second-order valence-electron chi connectivity index (χ2n) is 8.64. The highest BCUT2D eigenvalue weighted by atomic mass is 28.4. The molecule has 0 N–H and O–H groups in total. The van der Waals surface area contributed by atoms with Crippen molar-refractivity contribution in [2.45, 2.75) is 63.6 Å². The van der Waals surface area contributed by atoms with Gasteiger partial charge in [0.25, 0.3) is 0 Å². The third kappa shape index (κ3) is 6.55. The van der Waals surface area contributed by atoms with Gasteiger partial charge in [0.2, 0.25) is 0 Å². The van der Waals surface area contributed by atoms with Crippen LogP contribution in [0.5, 0.6) is 0 Å². The van der Waals surface area contributed by atoms with Gasteiger partial charge in [-0.25, -0.2) is 4.79 Å². The summed E-state index contributed by atoms with van der Waals surface area (Å²) in [6.45, 7) is 16.8. The van der Waals surface area contributed by atoms with Gasteiger partial charge in [0.1, 0.15) is 18.3 Å². The monoisotopic (exact) mass is 406 g/mol. The van der Waals surface area contributed by atoms with Gasteiger partial charge < -0.3 is 18.6 Å². The molecule has 0 aromatic heterocycles. The number of carbonyl (C=O) groups is 1. The highest BCUT2D eigenvalue weighted by molar-refractivity contribution is 6.74. The first kappa shape index (κ1) is 22.8. The van der Waals surface area contributed by atoms with E-state index in [1.807, 2.05) is 6.07 Å². The summed E-state index contributed by atoms with van der Waals surface area (Å²) in [5, 5.41) is 0.192. The third-order valence-electron chi connectivity index (χ3n) is 5.40.